The molecule has 1 aromatic carbocycles. The van der Waals surface area contributed by atoms with E-state index < -0.39 is 0 Å². The SMILES string of the molecule is Cc1cccc(C(=O)N2CCC[C@@H]2C(=O)N2CCSCC2)c1C. The number of aryl methyl sites for hydroxylation is 1. The van der Waals surface area contributed by atoms with Crippen LogP contribution in [0.4, 0.5) is 0 Å². The highest BCUT2D eigenvalue weighted by Gasteiger charge is 2.37. The van der Waals surface area contributed by atoms with Crippen molar-refractivity contribution in [3.8, 4) is 0 Å². The van der Waals surface area contributed by atoms with Gasteiger partial charge in [0.1, 0.15) is 6.04 Å². The molecule has 0 N–H and O–H groups in total. The molecule has 3 rings (SSSR count). The number of hydrogen-bond acceptors (Lipinski definition) is 3. The number of carbonyl (C=O) groups is 2. The van der Waals surface area contributed by atoms with E-state index in [0.29, 0.717) is 6.54 Å². The van der Waals surface area contributed by atoms with Gasteiger partial charge in [-0.3, -0.25) is 9.59 Å². The van der Waals surface area contributed by atoms with Crippen molar-refractivity contribution in [3.63, 3.8) is 0 Å². The summed E-state index contributed by atoms with van der Waals surface area (Å²) in [6.45, 7) is 6.31. The van der Waals surface area contributed by atoms with Crippen molar-refractivity contribution in [1.82, 2.24) is 9.80 Å². The van der Waals surface area contributed by atoms with Crippen LogP contribution in [0, 0.1) is 13.8 Å². The topological polar surface area (TPSA) is 40.6 Å². The van der Waals surface area contributed by atoms with E-state index in [4.69, 9.17) is 0 Å². The normalized spacial score (nSPS) is 21.6. The summed E-state index contributed by atoms with van der Waals surface area (Å²) in [6, 6.07) is 5.54. The van der Waals surface area contributed by atoms with Crippen LogP contribution in [-0.4, -0.2) is 58.8 Å². The Kier molecular flexibility index (Phi) is 4.95. The molecule has 2 aliphatic rings. The van der Waals surface area contributed by atoms with Crippen molar-refractivity contribution in [1.29, 1.82) is 0 Å². The fourth-order valence-electron chi connectivity index (χ4n) is 3.40. The van der Waals surface area contributed by atoms with Crippen molar-refractivity contribution < 1.29 is 9.59 Å². The van der Waals surface area contributed by atoms with Gasteiger partial charge < -0.3 is 9.80 Å². The van der Waals surface area contributed by atoms with Gasteiger partial charge in [0.05, 0.1) is 0 Å². The van der Waals surface area contributed by atoms with Gasteiger partial charge in [-0.15, -0.1) is 0 Å². The van der Waals surface area contributed by atoms with Crippen molar-refractivity contribution >= 4 is 23.6 Å². The number of thioether (sulfide) groups is 1. The molecule has 4 nitrogen and oxygen atoms in total. The number of rotatable bonds is 2. The summed E-state index contributed by atoms with van der Waals surface area (Å²) < 4.78 is 0. The van der Waals surface area contributed by atoms with E-state index in [-0.39, 0.29) is 17.9 Å². The molecule has 2 heterocycles. The van der Waals surface area contributed by atoms with Gasteiger partial charge in [0, 0.05) is 36.7 Å². The molecule has 23 heavy (non-hydrogen) atoms. The Morgan fingerprint density at radius 2 is 1.87 bits per heavy atom. The van der Waals surface area contributed by atoms with E-state index in [9.17, 15) is 9.59 Å². The van der Waals surface area contributed by atoms with Gasteiger partial charge in [-0.05, 0) is 43.9 Å². The van der Waals surface area contributed by atoms with Crippen LogP contribution in [0.1, 0.15) is 34.3 Å². The maximum absolute atomic E-state index is 13.0. The monoisotopic (exact) mass is 332 g/mol. The van der Waals surface area contributed by atoms with E-state index in [1.54, 1.807) is 4.90 Å². The van der Waals surface area contributed by atoms with Crippen LogP contribution in [0.5, 0.6) is 0 Å². The average molecular weight is 332 g/mol. The zero-order valence-electron chi connectivity index (χ0n) is 13.9. The molecule has 1 atom stereocenters. The highest BCUT2D eigenvalue weighted by Crippen LogP contribution is 2.25. The lowest BCUT2D eigenvalue weighted by atomic mass is 10.0. The third-order valence-electron chi connectivity index (χ3n) is 4.96. The summed E-state index contributed by atoms with van der Waals surface area (Å²) >= 11 is 1.89. The Morgan fingerprint density at radius 1 is 1.13 bits per heavy atom. The van der Waals surface area contributed by atoms with Gasteiger partial charge in [0.2, 0.25) is 5.91 Å². The summed E-state index contributed by atoms with van der Waals surface area (Å²) in [6.07, 6.45) is 1.70. The molecule has 2 amide bonds. The zero-order valence-corrected chi connectivity index (χ0v) is 14.7. The van der Waals surface area contributed by atoms with Gasteiger partial charge in [0.15, 0.2) is 0 Å². The predicted molar refractivity (Wildman–Crippen MR) is 93.9 cm³/mol. The molecule has 2 saturated heterocycles. The molecule has 2 fully saturated rings. The van der Waals surface area contributed by atoms with Gasteiger partial charge >= 0.3 is 0 Å². The first kappa shape index (κ1) is 16.4. The standard InChI is InChI=1S/C18H24N2O2S/c1-13-5-3-6-15(14(13)2)17(21)20-8-4-7-16(20)18(22)19-9-11-23-12-10-19/h3,5-6,16H,4,7-12H2,1-2H3/t16-/m1/s1. The lowest BCUT2D eigenvalue weighted by Gasteiger charge is -2.32. The summed E-state index contributed by atoms with van der Waals surface area (Å²) in [5.41, 5.74) is 2.87. The Morgan fingerprint density at radius 3 is 2.61 bits per heavy atom. The fraction of sp³-hybridized carbons (Fsp3) is 0.556. The van der Waals surface area contributed by atoms with Crippen LogP contribution in [0.25, 0.3) is 0 Å². The minimum Gasteiger partial charge on any atom is -0.339 e. The minimum atomic E-state index is -0.273. The second kappa shape index (κ2) is 6.95. The molecular weight excluding hydrogens is 308 g/mol. The van der Waals surface area contributed by atoms with E-state index in [0.717, 1.165) is 54.1 Å². The third kappa shape index (κ3) is 3.25. The van der Waals surface area contributed by atoms with Crippen LogP contribution in [0.2, 0.25) is 0 Å². The third-order valence-corrected chi connectivity index (χ3v) is 5.90. The number of likely N-dealkylation sites (tertiary alicyclic amines) is 1. The summed E-state index contributed by atoms with van der Waals surface area (Å²) in [4.78, 5) is 29.5. The quantitative estimate of drug-likeness (QED) is 0.835. The zero-order chi connectivity index (χ0) is 16.4. The molecule has 0 radical (unpaired) electrons. The van der Waals surface area contributed by atoms with Crippen LogP contribution >= 0.6 is 11.8 Å². The maximum Gasteiger partial charge on any atom is 0.254 e. The second-order valence-electron chi connectivity index (χ2n) is 6.34. The van der Waals surface area contributed by atoms with Crippen molar-refractivity contribution in [3.05, 3.63) is 34.9 Å². The average Bonchev–Trinajstić information content (AvgIpc) is 3.06. The van der Waals surface area contributed by atoms with Crippen LogP contribution in [-0.2, 0) is 4.79 Å². The van der Waals surface area contributed by atoms with Crippen LogP contribution in [0.15, 0.2) is 18.2 Å². The Bertz CT molecular complexity index is 611. The number of hydrogen-bond donors (Lipinski definition) is 0. The first-order valence-electron chi connectivity index (χ1n) is 8.33. The van der Waals surface area contributed by atoms with Gasteiger partial charge in [0.25, 0.3) is 5.91 Å². The maximum atomic E-state index is 13.0. The largest absolute Gasteiger partial charge is 0.339 e. The minimum absolute atomic E-state index is 0.00781. The molecular formula is C18H24N2O2S. The van der Waals surface area contributed by atoms with Gasteiger partial charge in [-0.1, -0.05) is 12.1 Å². The van der Waals surface area contributed by atoms with Gasteiger partial charge in [-0.25, -0.2) is 0 Å². The van der Waals surface area contributed by atoms with Gasteiger partial charge in [-0.2, -0.15) is 11.8 Å². The second-order valence-corrected chi connectivity index (χ2v) is 7.57. The van der Waals surface area contributed by atoms with E-state index >= 15 is 0 Å². The van der Waals surface area contributed by atoms with Crippen LogP contribution < -0.4 is 0 Å². The molecule has 5 heteroatoms. The molecule has 124 valence electrons. The number of amides is 2. The lowest BCUT2D eigenvalue weighted by Crippen LogP contribution is -2.50. The molecule has 2 aliphatic heterocycles. The van der Waals surface area contributed by atoms with E-state index in [1.807, 2.05) is 48.7 Å². The number of carbonyl (C=O) groups excluding carboxylic acids is 2. The van der Waals surface area contributed by atoms with Crippen LogP contribution in [0.3, 0.4) is 0 Å². The first-order chi connectivity index (χ1) is 11.1. The smallest absolute Gasteiger partial charge is 0.254 e. The number of nitrogens with zero attached hydrogens (tertiary/aromatic N) is 2. The highest BCUT2D eigenvalue weighted by atomic mass is 32.2. The number of benzene rings is 1. The van der Waals surface area contributed by atoms with Crippen molar-refractivity contribution in [2.24, 2.45) is 0 Å². The molecule has 0 saturated carbocycles. The van der Waals surface area contributed by atoms with E-state index in [2.05, 4.69) is 0 Å². The molecule has 0 bridgehead atoms. The molecule has 0 unspecified atom stereocenters. The predicted octanol–water partition coefficient (Wildman–Crippen LogP) is 2.48. The first-order valence-corrected chi connectivity index (χ1v) is 9.49. The lowest BCUT2D eigenvalue weighted by molar-refractivity contribution is -0.134. The van der Waals surface area contributed by atoms with Crippen molar-refractivity contribution in [2.75, 3.05) is 31.1 Å². The summed E-state index contributed by atoms with van der Waals surface area (Å²) in [7, 11) is 0. The molecule has 0 spiro atoms. The molecule has 0 aliphatic carbocycles. The Labute approximate surface area is 142 Å². The molecule has 1 aromatic rings. The van der Waals surface area contributed by atoms with E-state index in [1.165, 1.54) is 0 Å². The van der Waals surface area contributed by atoms with Crippen molar-refractivity contribution in [2.45, 2.75) is 32.7 Å². The molecule has 0 aromatic heterocycles. The summed E-state index contributed by atoms with van der Waals surface area (Å²) in [5, 5.41) is 0. The highest BCUT2D eigenvalue weighted by molar-refractivity contribution is 7.99. The summed E-state index contributed by atoms with van der Waals surface area (Å²) in [5.74, 6) is 2.15. The Hall–Kier alpha value is -1.49. The Balaban J connectivity index is 1.79. The fourth-order valence-corrected chi connectivity index (χ4v) is 4.30.